The maximum Gasteiger partial charge on any atom is 0.246 e. The number of likely N-dealkylation sites (tertiary alicyclic amines) is 1. The summed E-state index contributed by atoms with van der Waals surface area (Å²) in [5, 5.41) is 1.11. The van der Waals surface area contributed by atoms with Crippen molar-refractivity contribution in [2.45, 2.75) is 37.6 Å². The summed E-state index contributed by atoms with van der Waals surface area (Å²) in [5.74, 6) is 1.42. The molecule has 1 atom stereocenters. The second-order valence-electron chi connectivity index (χ2n) is 7.45. The van der Waals surface area contributed by atoms with Gasteiger partial charge in [-0.3, -0.25) is 4.79 Å². The van der Waals surface area contributed by atoms with E-state index >= 15 is 0 Å². The zero-order valence-electron chi connectivity index (χ0n) is 15.9. The number of nitrogens with zero attached hydrogens (tertiary/aromatic N) is 4. The lowest BCUT2D eigenvalue weighted by molar-refractivity contribution is -0.127. The number of ether oxygens (including phenoxy) is 1. The first-order valence-electron chi connectivity index (χ1n) is 9.73. The van der Waals surface area contributed by atoms with Crippen LogP contribution < -0.4 is 4.90 Å². The molecule has 0 bridgehead atoms. The van der Waals surface area contributed by atoms with Crippen molar-refractivity contribution < 1.29 is 9.53 Å². The quantitative estimate of drug-likeness (QED) is 0.838. The Hall–Kier alpha value is -2.41. The number of hydrogen-bond acceptors (Lipinski definition) is 5. The fraction of sp³-hybridized carbons (Fsp3) is 0.550. The number of likely N-dealkylation sites (N-methyl/N-ethyl adjacent to an activating group) is 1. The van der Waals surface area contributed by atoms with Crippen molar-refractivity contribution in [3.05, 3.63) is 30.7 Å². The van der Waals surface area contributed by atoms with Crippen LogP contribution >= 0.6 is 0 Å². The molecule has 1 N–H and O–H groups in total. The van der Waals surface area contributed by atoms with Gasteiger partial charge >= 0.3 is 0 Å². The van der Waals surface area contributed by atoms with Crippen molar-refractivity contribution in [2.75, 3.05) is 38.3 Å². The summed E-state index contributed by atoms with van der Waals surface area (Å²) >= 11 is 0. The largest absolute Gasteiger partial charge is 0.381 e. The fourth-order valence-corrected chi connectivity index (χ4v) is 4.34. The van der Waals surface area contributed by atoms with Gasteiger partial charge in [0.15, 0.2) is 0 Å². The van der Waals surface area contributed by atoms with Crippen LogP contribution in [0.2, 0.25) is 0 Å². The summed E-state index contributed by atoms with van der Waals surface area (Å²) in [4.78, 5) is 28.6. The lowest BCUT2D eigenvalue weighted by Crippen LogP contribution is -2.48. The van der Waals surface area contributed by atoms with Gasteiger partial charge in [0.05, 0.1) is 5.39 Å². The van der Waals surface area contributed by atoms with Gasteiger partial charge < -0.3 is 19.5 Å². The third-order valence-corrected chi connectivity index (χ3v) is 5.91. The Morgan fingerprint density at radius 3 is 2.96 bits per heavy atom. The number of rotatable bonds is 4. The molecule has 4 rings (SSSR count). The average molecular weight is 369 g/mol. The highest BCUT2D eigenvalue weighted by Gasteiger charge is 2.29. The summed E-state index contributed by atoms with van der Waals surface area (Å²) in [5.41, 5.74) is 2.16. The molecule has 2 fully saturated rings. The van der Waals surface area contributed by atoms with E-state index in [0.717, 1.165) is 62.3 Å². The minimum absolute atomic E-state index is 0.00507. The van der Waals surface area contributed by atoms with Gasteiger partial charge in [-0.15, -0.1) is 0 Å². The molecule has 0 saturated carbocycles. The Kier molecular flexibility index (Phi) is 5.11. The number of nitrogens with one attached hydrogen (secondary N) is 1. The Bertz CT molecular complexity index is 827. The van der Waals surface area contributed by atoms with E-state index in [0.29, 0.717) is 12.5 Å². The molecule has 4 heterocycles. The van der Waals surface area contributed by atoms with Gasteiger partial charge in [0.25, 0.3) is 0 Å². The van der Waals surface area contributed by atoms with Gasteiger partial charge in [0, 0.05) is 45.6 Å². The van der Waals surface area contributed by atoms with Crippen molar-refractivity contribution in [3.63, 3.8) is 0 Å². The standard InChI is InChI=1S/C20H27N5O2/c1-3-17(26)25-8-4-5-15(12-25)24(2)20-18-16(14-6-9-27-10-7-14)11-21-19(18)22-13-23-20/h3,11,13-15H,1,4-10,12H2,2H3,(H,21,22,23)/t15-/m1/s1. The number of piperidine rings is 1. The van der Waals surface area contributed by atoms with E-state index in [-0.39, 0.29) is 11.9 Å². The maximum atomic E-state index is 12.1. The number of anilines is 1. The Labute approximate surface area is 159 Å². The van der Waals surface area contributed by atoms with Crippen LogP contribution in [-0.2, 0) is 9.53 Å². The van der Waals surface area contributed by atoms with Crippen LogP contribution in [0.1, 0.15) is 37.2 Å². The lowest BCUT2D eigenvalue weighted by atomic mass is 9.91. The Balaban J connectivity index is 1.65. The Morgan fingerprint density at radius 2 is 2.19 bits per heavy atom. The molecule has 2 aliphatic rings. The molecule has 2 saturated heterocycles. The second-order valence-corrected chi connectivity index (χ2v) is 7.45. The van der Waals surface area contributed by atoms with E-state index < -0.39 is 0 Å². The molecule has 2 aromatic rings. The molecule has 0 aromatic carbocycles. The molecule has 2 aliphatic heterocycles. The van der Waals surface area contributed by atoms with Gasteiger partial charge in [-0.1, -0.05) is 6.58 Å². The van der Waals surface area contributed by atoms with Crippen LogP contribution in [0.3, 0.4) is 0 Å². The Morgan fingerprint density at radius 1 is 1.37 bits per heavy atom. The maximum absolute atomic E-state index is 12.1. The summed E-state index contributed by atoms with van der Waals surface area (Å²) in [6, 6.07) is 0.234. The topological polar surface area (TPSA) is 74.4 Å². The summed E-state index contributed by atoms with van der Waals surface area (Å²) in [6.07, 6.45) is 9.19. The van der Waals surface area contributed by atoms with Crippen molar-refractivity contribution in [1.82, 2.24) is 19.9 Å². The van der Waals surface area contributed by atoms with Crippen LogP contribution in [0, 0.1) is 0 Å². The molecule has 7 nitrogen and oxygen atoms in total. The first-order chi connectivity index (χ1) is 13.2. The van der Waals surface area contributed by atoms with Gasteiger partial charge in [0.2, 0.25) is 5.91 Å². The fourth-order valence-electron chi connectivity index (χ4n) is 4.34. The smallest absolute Gasteiger partial charge is 0.246 e. The lowest BCUT2D eigenvalue weighted by Gasteiger charge is -2.38. The SMILES string of the molecule is C=CC(=O)N1CCC[C@@H](N(C)c2ncnc3[nH]cc(C4CCOCC4)c23)C1. The molecule has 144 valence electrons. The highest BCUT2D eigenvalue weighted by molar-refractivity contribution is 5.91. The molecule has 1 amide bonds. The number of amides is 1. The van der Waals surface area contributed by atoms with Gasteiger partial charge in [0.1, 0.15) is 17.8 Å². The molecule has 0 unspecified atom stereocenters. The number of aromatic nitrogens is 3. The molecule has 7 heteroatoms. The summed E-state index contributed by atoms with van der Waals surface area (Å²) in [7, 11) is 2.08. The monoisotopic (exact) mass is 369 g/mol. The number of hydrogen-bond donors (Lipinski definition) is 1. The molecular formula is C20H27N5O2. The third kappa shape index (κ3) is 3.43. The number of carbonyl (C=O) groups excluding carboxylic acids is 1. The molecule has 0 radical (unpaired) electrons. The van der Waals surface area contributed by atoms with Gasteiger partial charge in [-0.2, -0.15) is 0 Å². The van der Waals surface area contributed by atoms with Crippen molar-refractivity contribution >= 4 is 22.8 Å². The van der Waals surface area contributed by atoms with Gasteiger partial charge in [-0.25, -0.2) is 9.97 Å². The first-order valence-corrected chi connectivity index (χ1v) is 9.73. The predicted octanol–water partition coefficient (Wildman–Crippen LogP) is 2.47. The van der Waals surface area contributed by atoms with Crippen LogP contribution in [-0.4, -0.2) is 65.2 Å². The first kappa shape index (κ1) is 18.0. The van der Waals surface area contributed by atoms with E-state index in [9.17, 15) is 4.79 Å². The minimum atomic E-state index is 0.00507. The predicted molar refractivity (Wildman–Crippen MR) is 105 cm³/mol. The van der Waals surface area contributed by atoms with Crippen molar-refractivity contribution in [2.24, 2.45) is 0 Å². The molecule has 0 aliphatic carbocycles. The molecular weight excluding hydrogens is 342 g/mol. The molecule has 2 aromatic heterocycles. The van der Waals surface area contributed by atoms with E-state index in [1.807, 2.05) is 4.90 Å². The van der Waals surface area contributed by atoms with Crippen LogP contribution in [0.5, 0.6) is 0 Å². The third-order valence-electron chi connectivity index (χ3n) is 5.91. The van der Waals surface area contributed by atoms with Crippen LogP contribution in [0.25, 0.3) is 11.0 Å². The molecule has 0 spiro atoms. The minimum Gasteiger partial charge on any atom is -0.381 e. The van der Waals surface area contributed by atoms with Gasteiger partial charge in [-0.05, 0) is 43.2 Å². The highest BCUT2D eigenvalue weighted by Crippen LogP contribution is 2.36. The average Bonchev–Trinajstić information content (AvgIpc) is 3.17. The normalized spacial score (nSPS) is 21.4. The number of aromatic amines is 1. The van der Waals surface area contributed by atoms with Crippen molar-refractivity contribution in [1.29, 1.82) is 0 Å². The number of H-pyrrole nitrogens is 1. The van der Waals surface area contributed by atoms with E-state index in [1.165, 1.54) is 11.6 Å². The van der Waals surface area contributed by atoms with Crippen LogP contribution in [0.4, 0.5) is 5.82 Å². The van der Waals surface area contributed by atoms with Crippen LogP contribution in [0.15, 0.2) is 25.2 Å². The van der Waals surface area contributed by atoms with Crippen molar-refractivity contribution in [3.8, 4) is 0 Å². The van der Waals surface area contributed by atoms with E-state index in [4.69, 9.17) is 4.74 Å². The second kappa shape index (κ2) is 7.68. The van der Waals surface area contributed by atoms with E-state index in [2.05, 4.69) is 39.7 Å². The summed E-state index contributed by atoms with van der Waals surface area (Å²) in [6.45, 7) is 6.72. The molecule has 27 heavy (non-hydrogen) atoms. The zero-order chi connectivity index (χ0) is 18.8. The zero-order valence-corrected chi connectivity index (χ0v) is 15.9. The number of carbonyl (C=O) groups is 1. The number of fused-ring (bicyclic) bond motifs is 1. The summed E-state index contributed by atoms with van der Waals surface area (Å²) < 4.78 is 5.53. The highest BCUT2D eigenvalue weighted by atomic mass is 16.5. The van der Waals surface area contributed by atoms with E-state index in [1.54, 1.807) is 6.33 Å².